The molecular formula is C80H155NO5. The number of hydrogen-bond acceptors (Lipinski definition) is 5. The average Bonchev–Trinajstić information content (AvgIpc) is 3.54. The van der Waals surface area contributed by atoms with Crippen LogP contribution in [-0.2, 0) is 14.3 Å². The minimum absolute atomic E-state index is 0.0153. The Hall–Kier alpha value is -1.66. The third-order valence-corrected chi connectivity index (χ3v) is 18.7. The van der Waals surface area contributed by atoms with Crippen LogP contribution in [0.3, 0.4) is 0 Å². The van der Waals surface area contributed by atoms with E-state index in [0.29, 0.717) is 25.9 Å². The zero-order valence-electron chi connectivity index (χ0n) is 58.6. The van der Waals surface area contributed by atoms with Crippen LogP contribution in [0.2, 0.25) is 0 Å². The van der Waals surface area contributed by atoms with Crippen molar-refractivity contribution in [2.24, 2.45) is 0 Å². The second-order valence-corrected chi connectivity index (χ2v) is 27.4. The number of nitrogens with one attached hydrogen (secondary N) is 1. The van der Waals surface area contributed by atoms with Crippen LogP contribution < -0.4 is 5.32 Å². The number of amides is 1. The SMILES string of the molecule is CCCCCCCCC/C=C\CCCCCCCCCC(=O)OCCCCCCCCCCCCCC/C=C\CCCCCCCCCCCCCCCCC(=O)NC(CO)C(O)CCCCCCCCCCCCCCCCCCCCCCC. The van der Waals surface area contributed by atoms with Gasteiger partial charge in [-0.25, -0.2) is 0 Å². The smallest absolute Gasteiger partial charge is 0.305 e. The highest BCUT2D eigenvalue weighted by molar-refractivity contribution is 5.76. The van der Waals surface area contributed by atoms with Crippen molar-refractivity contribution in [3.63, 3.8) is 0 Å². The summed E-state index contributed by atoms with van der Waals surface area (Å²) in [5, 5.41) is 23.5. The lowest BCUT2D eigenvalue weighted by atomic mass is 10.0. The van der Waals surface area contributed by atoms with Crippen molar-refractivity contribution >= 4 is 11.9 Å². The number of carbonyl (C=O) groups excluding carboxylic acids is 2. The van der Waals surface area contributed by atoms with Gasteiger partial charge < -0.3 is 20.3 Å². The molecular weight excluding hydrogens is 1050 g/mol. The maximum absolute atomic E-state index is 12.6. The number of aliphatic hydroxyl groups is 2. The largest absolute Gasteiger partial charge is 0.466 e. The van der Waals surface area contributed by atoms with Crippen LogP contribution in [0.25, 0.3) is 0 Å². The van der Waals surface area contributed by atoms with Crippen molar-refractivity contribution in [2.45, 2.75) is 463 Å². The van der Waals surface area contributed by atoms with Crippen molar-refractivity contribution in [1.29, 1.82) is 0 Å². The maximum atomic E-state index is 12.6. The van der Waals surface area contributed by atoms with Gasteiger partial charge in [-0.2, -0.15) is 0 Å². The molecule has 0 aliphatic rings. The lowest BCUT2D eigenvalue weighted by Gasteiger charge is -2.22. The lowest BCUT2D eigenvalue weighted by molar-refractivity contribution is -0.143. The molecule has 1 amide bonds. The first-order chi connectivity index (χ1) is 42.5. The Kier molecular flexibility index (Phi) is 74.3. The fourth-order valence-corrected chi connectivity index (χ4v) is 12.7. The third-order valence-electron chi connectivity index (χ3n) is 18.7. The summed E-state index contributed by atoms with van der Waals surface area (Å²) >= 11 is 0. The summed E-state index contributed by atoms with van der Waals surface area (Å²) in [6.07, 6.45) is 96.9. The van der Waals surface area contributed by atoms with Gasteiger partial charge in [0.1, 0.15) is 0 Å². The Labute approximate surface area is 539 Å². The van der Waals surface area contributed by atoms with Crippen LogP contribution >= 0.6 is 0 Å². The van der Waals surface area contributed by atoms with Crippen molar-refractivity contribution in [3.05, 3.63) is 24.3 Å². The molecule has 0 bridgehead atoms. The van der Waals surface area contributed by atoms with Gasteiger partial charge in [0.25, 0.3) is 0 Å². The molecule has 510 valence electrons. The summed E-state index contributed by atoms with van der Waals surface area (Å²) < 4.78 is 5.51. The molecule has 0 aliphatic heterocycles. The molecule has 86 heavy (non-hydrogen) atoms. The van der Waals surface area contributed by atoms with Gasteiger partial charge in [-0.15, -0.1) is 0 Å². The van der Waals surface area contributed by atoms with Crippen molar-refractivity contribution in [2.75, 3.05) is 13.2 Å². The molecule has 2 atom stereocenters. The highest BCUT2D eigenvalue weighted by Gasteiger charge is 2.20. The van der Waals surface area contributed by atoms with E-state index in [1.807, 2.05) is 0 Å². The summed E-state index contributed by atoms with van der Waals surface area (Å²) in [4.78, 5) is 24.7. The summed E-state index contributed by atoms with van der Waals surface area (Å²) in [7, 11) is 0. The van der Waals surface area contributed by atoms with E-state index in [9.17, 15) is 19.8 Å². The summed E-state index contributed by atoms with van der Waals surface area (Å²) in [5.41, 5.74) is 0. The van der Waals surface area contributed by atoms with Crippen LogP contribution in [0.4, 0.5) is 0 Å². The number of aliphatic hydroxyl groups excluding tert-OH is 2. The Morgan fingerprint density at radius 2 is 0.547 bits per heavy atom. The monoisotopic (exact) mass is 1210 g/mol. The molecule has 0 aromatic heterocycles. The van der Waals surface area contributed by atoms with Gasteiger partial charge in [0.05, 0.1) is 25.4 Å². The fraction of sp³-hybridized carbons (Fsp3) is 0.925. The van der Waals surface area contributed by atoms with E-state index in [4.69, 9.17) is 4.74 Å². The molecule has 6 nitrogen and oxygen atoms in total. The lowest BCUT2D eigenvalue weighted by Crippen LogP contribution is -2.45. The van der Waals surface area contributed by atoms with Crippen LogP contribution in [0, 0.1) is 0 Å². The molecule has 2 unspecified atom stereocenters. The molecule has 0 heterocycles. The van der Waals surface area contributed by atoms with Crippen LogP contribution in [0.1, 0.15) is 450 Å². The Balaban J connectivity index is 3.36. The van der Waals surface area contributed by atoms with E-state index in [1.54, 1.807) is 0 Å². The van der Waals surface area contributed by atoms with E-state index in [0.717, 1.165) is 44.9 Å². The van der Waals surface area contributed by atoms with Crippen molar-refractivity contribution in [3.8, 4) is 0 Å². The Bertz CT molecular complexity index is 1350. The number of rotatable bonds is 75. The fourth-order valence-electron chi connectivity index (χ4n) is 12.7. The van der Waals surface area contributed by atoms with Gasteiger partial charge in [-0.3, -0.25) is 9.59 Å². The summed E-state index contributed by atoms with van der Waals surface area (Å²) in [6, 6.07) is -0.541. The molecule has 3 N–H and O–H groups in total. The van der Waals surface area contributed by atoms with Gasteiger partial charge in [-0.1, -0.05) is 385 Å². The molecule has 0 aromatic rings. The molecule has 0 rings (SSSR count). The van der Waals surface area contributed by atoms with E-state index in [1.165, 1.54) is 372 Å². The number of hydrogen-bond donors (Lipinski definition) is 3. The highest BCUT2D eigenvalue weighted by Crippen LogP contribution is 2.20. The van der Waals surface area contributed by atoms with Gasteiger partial charge in [0, 0.05) is 12.8 Å². The molecule has 0 radical (unpaired) electrons. The standard InChI is InChI=1S/C80H155NO5/c1-3-5-7-9-11-13-15-17-19-21-23-34-37-40-44-48-52-56-60-64-68-72-78(83)77(76-82)81-79(84)73-69-65-61-57-53-49-45-41-38-35-32-30-28-26-24-25-27-29-31-33-36-39-43-47-51-55-59-63-67-71-75-86-80(85)74-70-66-62-58-54-50-46-42-22-20-18-16-14-12-10-8-6-4-2/h20,22,25,27,77-78,82-83H,3-19,21,23-24,26,28-76H2,1-2H3,(H,81,84)/b22-20-,27-25-. The highest BCUT2D eigenvalue weighted by atomic mass is 16.5. The number of carbonyl (C=O) groups is 2. The van der Waals surface area contributed by atoms with Crippen molar-refractivity contribution in [1.82, 2.24) is 5.32 Å². The molecule has 6 heteroatoms. The second kappa shape index (κ2) is 75.8. The topological polar surface area (TPSA) is 95.9 Å². The molecule has 0 aromatic carbocycles. The quantitative estimate of drug-likeness (QED) is 0.0320. The first kappa shape index (κ1) is 84.3. The predicted octanol–water partition coefficient (Wildman–Crippen LogP) is 26.0. The van der Waals surface area contributed by atoms with Crippen LogP contribution in [0.5, 0.6) is 0 Å². The van der Waals surface area contributed by atoms with Crippen LogP contribution in [0.15, 0.2) is 24.3 Å². The van der Waals surface area contributed by atoms with Gasteiger partial charge in [-0.05, 0) is 77.0 Å². The van der Waals surface area contributed by atoms with Crippen LogP contribution in [-0.4, -0.2) is 47.4 Å². The molecule has 0 fully saturated rings. The zero-order chi connectivity index (χ0) is 62.0. The molecule has 0 saturated heterocycles. The molecule has 0 aliphatic carbocycles. The maximum Gasteiger partial charge on any atom is 0.305 e. The summed E-state index contributed by atoms with van der Waals surface area (Å²) in [5.74, 6) is -0.0130. The van der Waals surface area contributed by atoms with E-state index in [2.05, 4.69) is 43.5 Å². The minimum Gasteiger partial charge on any atom is -0.466 e. The average molecular weight is 1210 g/mol. The number of ether oxygens (including phenoxy) is 1. The van der Waals surface area contributed by atoms with E-state index < -0.39 is 12.1 Å². The van der Waals surface area contributed by atoms with Crippen molar-refractivity contribution < 1.29 is 24.5 Å². The van der Waals surface area contributed by atoms with E-state index in [-0.39, 0.29) is 18.5 Å². The Morgan fingerprint density at radius 3 is 0.826 bits per heavy atom. The third kappa shape index (κ3) is 71.4. The Morgan fingerprint density at radius 1 is 0.314 bits per heavy atom. The minimum atomic E-state index is -0.664. The summed E-state index contributed by atoms with van der Waals surface area (Å²) in [6.45, 7) is 5.00. The van der Waals surface area contributed by atoms with Gasteiger partial charge in [0.15, 0.2) is 0 Å². The number of unbranched alkanes of at least 4 members (excludes halogenated alkanes) is 60. The van der Waals surface area contributed by atoms with Gasteiger partial charge in [0.2, 0.25) is 5.91 Å². The second-order valence-electron chi connectivity index (χ2n) is 27.4. The normalized spacial score (nSPS) is 12.6. The predicted molar refractivity (Wildman–Crippen MR) is 380 cm³/mol. The number of esters is 1. The molecule has 0 saturated carbocycles. The van der Waals surface area contributed by atoms with Gasteiger partial charge >= 0.3 is 5.97 Å². The zero-order valence-corrected chi connectivity index (χ0v) is 58.6. The van der Waals surface area contributed by atoms with E-state index >= 15 is 0 Å². The number of allylic oxidation sites excluding steroid dienone is 4. The first-order valence-electron chi connectivity index (χ1n) is 39.6. The molecule has 0 spiro atoms. The first-order valence-corrected chi connectivity index (χ1v) is 39.6.